The van der Waals surface area contributed by atoms with E-state index in [4.69, 9.17) is 4.65 Å². The minimum absolute atomic E-state index is 0.0220. The van der Waals surface area contributed by atoms with E-state index < -0.39 is 59.0 Å². The van der Waals surface area contributed by atoms with Crippen molar-refractivity contribution in [2.45, 2.75) is 38.5 Å². The number of imide groups is 1. The van der Waals surface area contributed by atoms with Crippen molar-refractivity contribution in [1.82, 2.24) is 15.1 Å². The number of carbonyl (C=O) groups is 4. The Kier molecular flexibility index (Phi) is 7.86. The summed E-state index contributed by atoms with van der Waals surface area (Å²) in [6.45, 7) is 3.81. The Balaban J connectivity index is 1.61. The van der Waals surface area contributed by atoms with Gasteiger partial charge in [-0.3, -0.25) is 29.4 Å². The van der Waals surface area contributed by atoms with Crippen LogP contribution in [0.15, 0.2) is 36.4 Å². The molecule has 2 aliphatic heterocycles. The van der Waals surface area contributed by atoms with Gasteiger partial charge in [-0.2, -0.15) is 0 Å². The molecule has 2 heterocycles. The molecule has 204 valence electrons. The average Bonchev–Trinajstić information content (AvgIpc) is 2.90. The third kappa shape index (κ3) is 5.55. The van der Waals surface area contributed by atoms with Gasteiger partial charge in [0.15, 0.2) is 11.5 Å². The van der Waals surface area contributed by atoms with Crippen molar-refractivity contribution in [2.24, 2.45) is 0 Å². The topological polar surface area (TPSA) is 180 Å². The summed E-state index contributed by atoms with van der Waals surface area (Å²) in [5.74, 6) is -3.36. The van der Waals surface area contributed by atoms with E-state index in [-0.39, 0.29) is 31.6 Å². The van der Waals surface area contributed by atoms with Crippen molar-refractivity contribution < 1.29 is 38.9 Å². The number of urea groups is 1. The number of likely N-dealkylation sites (N-methyl/N-ethyl adjacent to an activating group) is 1. The Labute approximate surface area is 223 Å². The zero-order chi connectivity index (χ0) is 28.4. The summed E-state index contributed by atoms with van der Waals surface area (Å²) in [4.78, 5) is 64.0. The fourth-order valence-corrected chi connectivity index (χ4v) is 4.78. The van der Waals surface area contributed by atoms with Gasteiger partial charge in [-0.15, -0.1) is 0 Å². The lowest BCUT2D eigenvalue weighted by Crippen LogP contribution is -2.58. The molecule has 39 heavy (non-hydrogen) atoms. The molecule has 1 saturated heterocycles. The van der Waals surface area contributed by atoms with Gasteiger partial charge in [0.1, 0.15) is 11.8 Å². The van der Waals surface area contributed by atoms with Crippen molar-refractivity contribution in [1.29, 1.82) is 0 Å². The number of para-hydroxylation sites is 1. The van der Waals surface area contributed by atoms with Gasteiger partial charge in [-0.25, -0.2) is 4.79 Å². The Morgan fingerprint density at radius 3 is 2.67 bits per heavy atom. The number of nitro groups is 1. The Morgan fingerprint density at radius 2 is 1.97 bits per heavy atom. The second-order valence-electron chi connectivity index (χ2n) is 9.44. The molecule has 0 aromatic heterocycles. The fourth-order valence-electron chi connectivity index (χ4n) is 4.78. The maximum absolute atomic E-state index is 13.6. The van der Waals surface area contributed by atoms with Crippen LogP contribution in [-0.4, -0.2) is 75.2 Å². The SMILES string of the molecule is CCN1CCN(C(=O)NC(C(=O)C[C@H]2Cc3cccc(C)c3OB2O)c2ccc(O)c([N+](=O)[O-])c2)C(=O)C1=O. The maximum atomic E-state index is 13.6. The van der Waals surface area contributed by atoms with Crippen LogP contribution < -0.4 is 9.97 Å². The Morgan fingerprint density at radius 1 is 1.23 bits per heavy atom. The van der Waals surface area contributed by atoms with Crippen molar-refractivity contribution in [3.8, 4) is 11.5 Å². The first kappa shape index (κ1) is 27.6. The minimum atomic E-state index is -1.49. The third-order valence-electron chi connectivity index (χ3n) is 6.94. The number of hydrogen-bond acceptors (Lipinski definition) is 9. The summed E-state index contributed by atoms with van der Waals surface area (Å²) in [5.41, 5.74) is 0.899. The standard InChI is InChI=1S/C25H27BN4O9/c1-3-28-9-10-29(24(34)23(28)33)25(35)27-21(15-7-8-19(31)18(12-15)30(37)38)20(32)13-17-11-16-6-4-5-14(2)22(16)39-26(17)36/h4-8,12,17,21,31,36H,3,9-11,13H2,1-2H3,(H,27,35)/t17-,21?/m1/s1. The second kappa shape index (κ2) is 11.1. The first-order chi connectivity index (χ1) is 18.5. The molecule has 2 aromatic carbocycles. The molecule has 1 unspecified atom stereocenters. The van der Waals surface area contributed by atoms with Crippen LogP contribution in [0.5, 0.6) is 11.5 Å². The number of nitrogens with zero attached hydrogens (tertiary/aromatic N) is 3. The molecule has 0 saturated carbocycles. The van der Waals surface area contributed by atoms with E-state index in [1.54, 1.807) is 6.92 Å². The number of phenolic OH excluding ortho intramolecular Hbond substituents is 1. The first-order valence-corrected chi connectivity index (χ1v) is 12.4. The minimum Gasteiger partial charge on any atom is -0.536 e. The number of aromatic hydroxyl groups is 1. The molecule has 0 bridgehead atoms. The number of phenols is 1. The highest BCUT2D eigenvalue weighted by Gasteiger charge is 2.40. The molecule has 0 spiro atoms. The van der Waals surface area contributed by atoms with Gasteiger partial charge in [0, 0.05) is 37.9 Å². The van der Waals surface area contributed by atoms with Crippen LogP contribution in [-0.2, 0) is 20.8 Å². The number of fused-ring (bicyclic) bond motifs is 1. The molecule has 3 N–H and O–H groups in total. The van der Waals surface area contributed by atoms with Gasteiger partial charge in [0.05, 0.1) is 4.92 Å². The van der Waals surface area contributed by atoms with E-state index in [0.29, 0.717) is 17.1 Å². The predicted molar refractivity (Wildman–Crippen MR) is 137 cm³/mol. The summed E-state index contributed by atoms with van der Waals surface area (Å²) in [6.07, 6.45) is 0.0108. The smallest absolute Gasteiger partial charge is 0.526 e. The fraction of sp³-hybridized carbons (Fsp3) is 0.360. The van der Waals surface area contributed by atoms with E-state index in [9.17, 15) is 39.4 Å². The summed E-state index contributed by atoms with van der Waals surface area (Å²) < 4.78 is 5.65. The molecule has 0 radical (unpaired) electrons. The number of piperazine rings is 1. The molecule has 14 heteroatoms. The van der Waals surface area contributed by atoms with Gasteiger partial charge in [-0.1, -0.05) is 24.3 Å². The number of nitro benzene ring substituents is 1. The normalized spacial score (nSPS) is 17.8. The van der Waals surface area contributed by atoms with Crippen LogP contribution in [0.4, 0.5) is 10.5 Å². The van der Waals surface area contributed by atoms with Crippen molar-refractivity contribution in [3.63, 3.8) is 0 Å². The molecule has 2 atom stereocenters. The molecule has 4 rings (SSSR count). The Bertz CT molecular complexity index is 1350. The van der Waals surface area contributed by atoms with Gasteiger partial charge in [0.25, 0.3) is 0 Å². The lowest BCUT2D eigenvalue weighted by atomic mass is 9.64. The summed E-state index contributed by atoms with van der Waals surface area (Å²) in [6, 6.07) is 6.15. The number of ketones is 1. The molecule has 2 aromatic rings. The van der Waals surface area contributed by atoms with Crippen molar-refractivity contribution >= 4 is 36.4 Å². The summed E-state index contributed by atoms with van der Waals surface area (Å²) in [5, 5.41) is 34.3. The zero-order valence-electron chi connectivity index (χ0n) is 21.3. The summed E-state index contributed by atoms with van der Waals surface area (Å²) >= 11 is 0. The highest BCUT2D eigenvalue weighted by Crippen LogP contribution is 2.37. The number of rotatable bonds is 7. The number of amides is 4. The summed E-state index contributed by atoms with van der Waals surface area (Å²) in [7, 11) is -1.32. The monoisotopic (exact) mass is 538 g/mol. The molecule has 0 aliphatic carbocycles. The van der Waals surface area contributed by atoms with Crippen LogP contribution in [0.25, 0.3) is 0 Å². The number of benzene rings is 2. The van der Waals surface area contributed by atoms with Gasteiger partial charge in [-0.05, 0) is 43.0 Å². The van der Waals surface area contributed by atoms with Crippen LogP contribution in [0.2, 0.25) is 5.82 Å². The van der Waals surface area contributed by atoms with Crippen LogP contribution in [0.1, 0.15) is 36.1 Å². The molecule has 4 amide bonds. The average molecular weight is 538 g/mol. The van der Waals surface area contributed by atoms with E-state index in [0.717, 1.165) is 23.3 Å². The van der Waals surface area contributed by atoms with Crippen molar-refractivity contribution in [3.05, 3.63) is 63.2 Å². The van der Waals surface area contributed by atoms with Crippen molar-refractivity contribution in [2.75, 3.05) is 19.6 Å². The number of aryl methyl sites for hydroxylation is 1. The molecule has 2 aliphatic rings. The molecule has 13 nitrogen and oxygen atoms in total. The van der Waals surface area contributed by atoms with Gasteiger partial charge >= 0.3 is 30.7 Å². The lowest BCUT2D eigenvalue weighted by Gasteiger charge is -2.33. The van der Waals surface area contributed by atoms with Gasteiger partial charge in [0.2, 0.25) is 0 Å². The quantitative estimate of drug-likeness (QED) is 0.204. The number of hydrogen-bond donors (Lipinski definition) is 3. The molecular weight excluding hydrogens is 511 g/mol. The highest BCUT2D eigenvalue weighted by atomic mass is 16.6. The molecule has 1 fully saturated rings. The largest absolute Gasteiger partial charge is 0.536 e. The van der Waals surface area contributed by atoms with Crippen LogP contribution in [0, 0.1) is 17.0 Å². The van der Waals surface area contributed by atoms with Crippen LogP contribution in [0.3, 0.4) is 0 Å². The van der Waals surface area contributed by atoms with E-state index >= 15 is 0 Å². The predicted octanol–water partition coefficient (Wildman–Crippen LogP) is 1.50. The van der Waals surface area contributed by atoms with Crippen LogP contribution >= 0.6 is 0 Å². The lowest BCUT2D eigenvalue weighted by molar-refractivity contribution is -0.385. The first-order valence-electron chi connectivity index (χ1n) is 12.4. The zero-order valence-corrected chi connectivity index (χ0v) is 21.3. The number of nitrogens with one attached hydrogen (secondary N) is 1. The van der Waals surface area contributed by atoms with E-state index in [1.165, 1.54) is 11.0 Å². The molecular formula is C25H27BN4O9. The third-order valence-corrected chi connectivity index (χ3v) is 6.94. The van der Waals surface area contributed by atoms with E-state index in [1.807, 2.05) is 25.1 Å². The highest BCUT2D eigenvalue weighted by molar-refractivity contribution is 6.46. The second-order valence-corrected chi connectivity index (χ2v) is 9.44. The number of Topliss-reactive ketones (excluding diaryl/α,β-unsaturated/α-hetero) is 1. The van der Waals surface area contributed by atoms with Gasteiger partial charge < -0.3 is 25.0 Å². The number of carbonyl (C=O) groups excluding carboxylic acids is 4. The van der Waals surface area contributed by atoms with E-state index in [2.05, 4.69) is 5.32 Å². The maximum Gasteiger partial charge on any atom is 0.526 e. The Hall–Kier alpha value is -4.46.